The van der Waals surface area contributed by atoms with E-state index in [0.717, 1.165) is 11.8 Å². The van der Waals surface area contributed by atoms with Gasteiger partial charge in [-0.05, 0) is 18.9 Å². The van der Waals surface area contributed by atoms with Gasteiger partial charge >= 0.3 is 0 Å². The number of aldehydes is 1. The largest absolute Gasteiger partial charge is 0.302 e. The Morgan fingerprint density at radius 3 is 2.38 bits per heavy atom. The van der Waals surface area contributed by atoms with Crippen molar-refractivity contribution < 1.29 is 4.79 Å². The fraction of sp³-hybridized carbons (Fsp3) is 0.214. The Kier molecular flexibility index (Phi) is 4.25. The molecule has 1 atom stereocenters. The first kappa shape index (κ1) is 12.9. The summed E-state index contributed by atoms with van der Waals surface area (Å²) in [6.45, 7) is 9.57. The summed E-state index contributed by atoms with van der Waals surface area (Å²) < 4.78 is 0.666. The highest BCUT2D eigenvalue weighted by molar-refractivity contribution is 9.11. The van der Waals surface area contributed by atoms with Crippen molar-refractivity contribution in [1.82, 2.24) is 0 Å². The van der Waals surface area contributed by atoms with Gasteiger partial charge in [0.25, 0.3) is 0 Å². The van der Waals surface area contributed by atoms with E-state index < -0.39 is 5.41 Å². The van der Waals surface area contributed by atoms with Crippen LogP contribution in [0.15, 0.2) is 48.0 Å². The van der Waals surface area contributed by atoms with Crippen molar-refractivity contribution in [2.45, 2.75) is 18.8 Å². The lowest BCUT2D eigenvalue weighted by Crippen LogP contribution is -2.27. The van der Waals surface area contributed by atoms with E-state index in [2.05, 4.69) is 29.1 Å². The molecular weight excluding hydrogens is 264 g/mol. The number of halogens is 1. The van der Waals surface area contributed by atoms with Gasteiger partial charge in [0, 0.05) is 4.48 Å². The number of aryl methyl sites for hydroxylation is 1. The van der Waals surface area contributed by atoms with Crippen LogP contribution in [0.25, 0.3) is 0 Å². The molecule has 0 aliphatic rings. The van der Waals surface area contributed by atoms with Crippen molar-refractivity contribution >= 4 is 22.2 Å². The monoisotopic (exact) mass is 278 g/mol. The van der Waals surface area contributed by atoms with Gasteiger partial charge in [-0.15, -0.1) is 6.58 Å². The van der Waals surface area contributed by atoms with E-state index in [-0.39, 0.29) is 0 Å². The summed E-state index contributed by atoms with van der Waals surface area (Å²) in [5.41, 5.74) is 1.41. The molecular formula is C14H15BrO. The third-order valence-corrected chi connectivity index (χ3v) is 3.43. The Bertz CT molecular complexity index is 405. The highest BCUT2D eigenvalue weighted by atomic mass is 79.9. The molecule has 0 spiro atoms. The summed E-state index contributed by atoms with van der Waals surface area (Å²) in [6, 6.07) is 7.90. The van der Waals surface area contributed by atoms with Gasteiger partial charge in [-0.1, -0.05) is 58.4 Å². The zero-order valence-corrected chi connectivity index (χ0v) is 11.0. The highest BCUT2D eigenvalue weighted by Gasteiger charge is 2.32. The summed E-state index contributed by atoms with van der Waals surface area (Å²) in [6.07, 6.45) is 3.21. The van der Waals surface area contributed by atoms with Crippen molar-refractivity contribution in [3.63, 3.8) is 0 Å². The Balaban J connectivity index is 3.29. The van der Waals surface area contributed by atoms with Gasteiger partial charge in [0.15, 0.2) is 0 Å². The van der Waals surface area contributed by atoms with Crippen molar-refractivity contribution in [2.75, 3.05) is 0 Å². The minimum atomic E-state index is -0.699. The van der Waals surface area contributed by atoms with Crippen molar-refractivity contribution in [3.05, 3.63) is 59.1 Å². The van der Waals surface area contributed by atoms with Crippen LogP contribution in [0.5, 0.6) is 0 Å². The summed E-state index contributed by atoms with van der Waals surface area (Å²) in [5.74, 6) is 0. The maximum atomic E-state index is 11.4. The predicted molar refractivity (Wildman–Crippen MR) is 71.8 cm³/mol. The SMILES string of the molecule is C=CCC(C=O)(C(=C)Br)c1ccc(C)cc1. The Hall–Kier alpha value is -1.15. The number of allylic oxidation sites excluding steroid dienone is 2. The second-order valence-electron chi connectivity index (χ2n) is 3.85. The average molecular weight is 279 g/mol. The number of carbonyl (C=O) groups excluding carboxylic acids is 1. The molecule has 1 rings (SSSR count). The van der Waals surface area contributed by atoms with Gasteiger partial charge < -0.3 is 4.79 Å². The molecule has 0 amide bonds. The van der Waals surface area contributed by atoms with Crippen LogP contribution >= 0.6 is 15.9 Å². The summed E-state index contributed by atoms with van der Waals surface area (Å²) in [4.78, 5) is 11.4. The lowest BCUT2D eigenvalue weighted by Gasteiger charge is -2.26. The quantitative estimate of drug-likeness (QED) is 0.590. The molecule has 0 N–H and O–H groups in total. The molecule has 16 heavy (non-hydrogen) atoms. The predicted octanol–water partition coefficient (Wildman–Crippen LogP) is 3.92. The molecule has 1 unspecified atom stereocenters. The molecule has 0 fully saturated rings. The molecule has 0 aromatic heterocycles. The Labute approximate surface area is 105 Å². The first-order valence-corrected chi connectivity index (χ1v) is 5.85. The Morgan fingerprint density at radius 1 is 1.44 bits per heavy atom. The maximum Gasteiger partial charge on any atom is 0.135 e. The van der Waals surface area contributed by atoms with Crippen molar-refractivity contribution in [3.8, 4) is 0 Å². The molecule has 0 saturated carbocycles. The number of rotatable bonds is 5. The van der Waals surface area contributed by atoms with Crippen LogP contribution in [0.2, 0.25) is 0 Å². The van der Waals surface area contributed by atoms with E-state index in [1.54, 1.807) is 6.08 Å². The van der Waals surface area contributed by atoms with E-state index in [9.17, 15) is 4.79 Å². The zero-order valence-electron chi connectivity index (χ0n) is 9.37. The molecule has 1 aromatic carbocycles. The van der Waals surface area contributed by atoms with Crippen LogP contribution in [-0.2, 0) is 10.2 Å². The second kappa shape index (κ2) is 5.26. The van der Waals surface area contributed by atoms with Crippen LogP contribution in [0.4, 0.5) is 0 Å². The molecule has 0 saturated heterocycles. The molecule has 0 heterocycles. The fourth-order valence-corrected chi connectivity index (χ4v) is 2.13. The van der Waals surface area contributed by atoms with Gasteiger partial charge in [0.1, 0.15) is 6.29 Å². The number of carbonyl (C=O) groups is 1. The van der Waals surface area contributed by atoms with Gasteiger partial charge in [0.05, 0.1) is 5.41 Å². The molecule has 0 aliphatic heterocycles. The molecule has 0 bridgehead atoms. The summed E-state index contributed by atoms with van der Waals surface area (Å²) in [5, 5.41) is 0. The molecule has 1 aromatic rings. The zero-order chi connectivity index (χ0) is 12.2. The molecule has 1 nitrogen and oxygen atoms in total. The summed E-state index contributed by atoms with van der Waals surface area (Å²) in [7, 11) is 0. The first-order chi connectivity index (χ1) is 7.56. The van der Waals surface area contributed by atoms with Gasteiger partial charge in [0.2, 0.25) is 0 Å². The standard InChI is InChI=1S/C14H15BrO/c1-4-9-14(10-16,12(3)15)13-7-5-11(2)6-8-13/h4-8,10H,1,3,9H2,2H3. The van der Waals surface area contributed by atoms with Crippen LogP contribution in [-0.4, -0.2) is 6.29 Å². The number of benzene rings is 1. The first-order valence-electron chi connectivity index (χ1n) is 5.06. The van der Waals surface area contributed by atoms with Crippen LogP contribution < -0.4 is 0 Å². The third kappa shape index (κ3) is 2.33. The van der Waals surface area contributed by atoms with Crippen LogP contribution in [0.1, 0.15) is 17.5 Å². The lowest BCUT2D eigenvalue weighted by molar-refractivity contribution is -0.111. The van der Waals surface area contributed by atoms with Gasteiger partial charge in [-0.25, -0.2) is 0 Å². The van der Waals surface area contributed by atoms with Crippen LogP contribution in [0, 0.1) is 6.92 Å². The Morgan fingerprint density at radius 2 is 2.00 bits per heavy atom. The number of hydrogen-bond donors (Lipinski definition) is 0. The minimum Gasteiger partial charge on any atom is -0.302 e. The van der Waals surface area contributed by atoms with Gasteiger partial charge in [-0.3, -0.25) is 0 Å². The second-order valence-corrected chi connectivity index (χ2v) is 4.81. The molecule has 0 radical (unpaired) electrons. The smallest absolute Gasteiger partial charge is 0.135 e. The molecule has 84 valence electrons. The third-order valence-electron chi connectivity index (χ3n) is 2.72. The minimum absolute atomic E-state index is 0.545. The fourth-order valence-electron chi connectivity index (χ4n) is 1.64. The highest BCUT2D eigenvalue weighted by Crippen LogP contribution is 2.36. The average Bonchev–Trinajstić information content (AvgIpc) is 2.27. The molecule has 2 heteroatoms. The van der Waals surface area contributed by atoms with Crippen molar-refractivity contribution in [1.29, 1.82) is 0 Å². The number of hydrogen-bond acceptors (Lipinski definition) is 1. The van der Waals surface area contributed by atoms with Gasteiger partial charge in [-0.2, -0.15) is 0 Å². The van der Waals surface area contributed by atoms with E-state index in [1.807, 2.05) is 31.2 Å². The topological polar surface area (TPSA) is 17.1 Å². The van der Waals surface area contributed by atoms with E-state index >= 15 is 0 Å². The summed E-state index contributed by atoms with van der Waals surface area (Å²) >= 11 is 3.34. The lowest BCUT2D eigenvalue weighted by atomic mass is 9.79. The van der Waals surface area contributed by atoms with E-state index in [1.165, 1.54) is 5.56 Å². The van der Waals surface area contributed by atoms with E-state index in [4.69, 9.17) is 0 Å². The van der Waals surface area contributed by atoms with Crippen molar-refractivity contribution in [2.24, 2.45) is 0 Å². The molecule has 0 aliphatic carbocycles. The van der Waals surface area contributed by atoms with Crippen LogP contribution in [0.3, 0.4) is 0 Å². The van der Waals surface area contributed by atoms with E-state index in [0.29, 0.717) is 10.9 Å². The maximum absolute atomic E-state index is 11.4. The normalized spacial score (nSPS) is 13.9.